The number of likely N-dealkylation sites (tertiary alicyclic amines) is 2. The van der Waals surface area contributed by atoms with E-state index in [1.165, 1.54) is 6.42 Å². The van der Waals surface area contributed by atoms with Crippen molar-refractivity contribution in [1.29, 1.82) is 0 Å². The summed E-state index contributed by atoms with van der Waals surface area (Å²) >= 11 is 0. The third kappa shape index (κ3) is 2.67. The van der Waals surface area contributed by atoms with Crippen LogP contribution < -0.4 is 0 Å². The van der Waals surface area contributed by atoms with Crippen molar-refractivity contribution in [3.05, 3.63) is 30.1 Å². The number of para-hydroxylation sites is 2. The van der Waals surface area contributed by atoms with Crippen LogP contribution in [-0.4, -0.2) is 64.2 Å². The fourth-order valence-corrected chi connectivity index (χ4v) is 4.51. The number of fused-ring (bicyclic) bond motifs is 2. The number of aliphatic hydroxyl groups is 1. The molecule has 2 aromatic rings. The Bertz CT molecular complexity index is 651. The fraction of sp³-hybridized carbons (Fsp3) is 0.611. The van der Waals surface area contributed by atoms with Gasteiger partial charge in [-0.1, -0.05) is 12.1 Å². The number of rotatable bonds is 3. The number of hydrogen-bond donors (Lipinski definition) is 2. The number of piperidine rings is 2. The zero-order chi connectivity index (χ0) is 15.9. The monoisotopic (exact) mass is 314 g/mol. The molecular formula is C18H26N4O. The van der Waals surface area contributed by atoms with Crippen LogP contribution >= 0.6 is 0 Å². The van der Waals surface area contributed by atoms with Crippen LogP contribution in [0.5, 0.6) is 0 Å². The molecule has 2 fully saturated rings. The van der Waals surface area contributed by atoms with E-state index in [4.69, 9.17) is 4.98 Å². The first-order valence-electron chi connectivity index (χ1n) is 8.67. The van der Waals surface area contributed by atoms with E-state index in [-0.39, 0.29) is 5.41 Å². The van der Waals surface area contributed by atoms with Crippen molar-refractivity contribution in [3.63, 3.8) is 0 Å². The molecule has 2 saturated heterocycles. The predicted octanol–water partition coefficient (Wildman–Crippen LogP) is 1.84. The Morgan fingerprint density at radius 2 is 2.17 bits per heavy atom. The molecule has 2 aliphatic heterocycles. The number of imidazole rings is 1. The fourth-order valence-electron chi connectivity index (χ4n) is 4.51. The Hall–Kier alpha value is -1.43. The molecule has 0 unspecified atom stereocenters. The molecule has 0 radical (unpaired) electrons. The lowest BCUT2D eigenvalue weighted by molar-refractivity contribution is -0.0688. The molecule has 4 rings (SSSR count). The summed E-state index contributed by atoms with van der Waals surface area (Å²) in [6.45, 7) is 4.39. The Morgan fingerprint density at radius 1 is 1.30 bits per heavy atom. The van der Waals surface area contributed by atoms with Gasteiger partial charge >= 0.3 is 0 Å². The highest BCUT2D eigenvalue weighted by Crippen LogP contribution is 2.41. The molecule has 2 atom stereocenters. The molecule has 3 heterocycles. The molecule has 2 N–H and O–H groups in total. The van der Waals surface area contributed by atoms with Gasteiger partial charge in [0.25, 0.3) is 0 Å². The maximum Gasteiger partial charge on any atom is 0.121 e. The van der Waals surface area contributed by atoms with E-state index in [0.29, 0.717) is 12.6 Å². The number of nitrogens with zero attached hydrogens (tertiary/aromatic N) is 3. The van der Waals surface area contributed by atoms with Crippen molar-refractivity contribution in [1.82, 2.24) is 19.8 Å². The standard InChI is InChI=1S/C18H26N4O/c1-21-9-4-7-18(13-23)8-10-22(11-16(18)21)12-17-19-14-5-2-3-6-15(14)20-17/h2-3,5-6,16,23H,4,7-13H2,1H3,(H,19,20)/t16-,18-/m1/s1. The average molecular weight is 314 g/mol. The average Bonchev–Trinajstić information content (AvgIpc) is 2.98. The van der Waals surface area contributed by atoms with E-state index in [2.05, 4.69) is 34.0 Å². The van der Waals surface area contributed by atoms with Crippen LogP contribution in [0, 0.1) is 5.41 Å². The SMILES string of the molecule is CN1CCC[C@]2(CO)CCN(Cc3nc4ccccc4[nH]3)C[C@@H]12. The lowest BCUT2D eigenvalue weighted by Gasteiger charge is -2.53. The number of benzene rings is 1. The maximum absolute atomic E-state index is 10.0. The van der Waals surface area contributed by atoms with Gasteiger partial charge in [-0.15, -0.1) is 0 Å². The first-order chi connectivity index (χ1) is 11.2. The van der Waals surface area contributed by atoms with Crippen LogP contribution in [0.25, 0.3) is 11.0 Å². The molecule has 5 nitrogen and oxygen atoms in total. The van der Waals surface area contributed by atoms with Gasteiger partial charge in [0.05, 0.1) is 24.2 Å². The van der Waals surface area contributed by atoms with Gasteiger partial charge in [-0.25, -0.2) is 4.98 Å². The minimum Gasteiger partial charge on any atom is -0.396 e. The molecule has 0 saturated carbocycles. The van der Waals surface area contributed by atoms with Crippen molar-refractivity contribution in [3.8, 4) is 0 Å². The highest BCUT2D eigenvalue weighted by atomic mass is 16.3. The molecule has 0 amide bonds. The van der Waals surface area contributed by atoms with Gasteiger partial charge in [0.2, 0.25) is 0 Å². The quantitative estimate of drug-likeness (QED) is 0.908. The molecule has 1 aromatic heterocycles. The minimum atomic E-state index is 0.109. The van der Waals surface area contributed by atoms with Crippen LogP contribution in [0.4, 0.5) is 0 Å². The zero-order valence-electron chi connectivity index (χ0n) is 13.8. The van der Waals surface area contributed by atoms with Crippen molar-refractivity contribution in [2.45, 2.75) is 31.8 Å². The third-order valence-corrected chi connectivity index (χ3v) is 5.91. The van der Waals surface area contributed by atoms with Gasteiger partial charge < -0.3 is 15.0 Å². The van der Waals surface area contributed by atoms with Gasteiger partial charge in [0.1, 0.15) is 5.82 Å². The number of hydrogen-bond acceptors (Lipinski definition) is 4. The number of H-pyrrole nitrogens is 1. The summed E-state index contributed by atoms with van der Waals surface area (Å²) in [5.74, 6) is 1.04. The molecule has 5 heteroatoms. The van der Waals surface area contributed by atoms with Gasteiger partial charge in [-0.2, -0.15) is 0 Å². The maximum atomic E-state index is 10.0. The van der Waals surface area contributed by atoms with Gasteiger partial charge in [-0.3, -0.25) is 4.90 Å². The molecule has 1 aromatic carbocycles. The summed E-state index contributed by atoms with van der Waals surface area (Å²) in [4.78, 5) is 13.1. The van der Waals surface area contributed by atoms with E-state index >= 15 is 0 Å². The van der Waals surface area contributed by atoms with E-state index in [1.54, 1.807) is 0 Å². The van der Waals surface area contributed by atoms with Gasteiger partial charge in [0.15, 0.2) is 0 Å². The van der Waals surface area contributed by atoms with Crippen LogP contribution in [0.15, 0.2) is 24.3 Å². The molecule has 0 aliphatic carbocycles. The molecule has 0 bridgehead atoms. The lowest BCUT2D eigenvalue weighted by atomic mass is 9.69. The molecular weight excluding hydrogens is 288 g/mol. The van der Waals surface area contributed by atoms with Crippen molar-refractivity contribution >= 4 is 11.0 Å². The first kappa shape index (κ1) is 15.1. The lowest BCUT2D eigenvalue weighted by Crippen LogP contribution is -2.61. The topological polar surface area (TPSA) is 55.4 Å². The molecule has 23 heavy (non-hydrogen) atoms. The van der Waals surface area contributed by atoms with Crippen LogP contribution in [-0.2, 0) is 6.54 Å². The summed E-state index contributed by atoms with van der Waals surface area (Å²) in [5, 5.41) is 10.0. The number of nitrogens with one attached hydrogen (secondary N) is 1. The Kier molecular flexibility index (Phi) is 3.87. The summed E-state index contributed by atoms with van der Waals surface area (Å²) < 4.78 is 0. The number of aromatic amines is 1. The van der Waals surface area contributed by atoms with Gasteiger partial charge in [-0.05, 0) is 51.5 Å². The minimum absolute atomic E-state index is 0.109. The van der Waals surface area contributed by atoms with Crippen LogP contribution in [0.1, 0.15) is 25.1 Å². The summed E-state index contributed by atoms with van der Waals surface area (Å²) in [5.41, 5.74) is 2.26. The van der Waals surface area contributed by atoms with Crippen LogP contribution in [0.2, 0.25) is 0 Å². The molecule has 0 spiro atoms. The first-order valence-corrected chi connectivity index (χ1v) is 8.67. The second-order valence-corrected chi connectivity index (χ2v) is 7.31. The van der Waals surface area contributed by atoms with E-state index in [1.807, 2.05) is 12.1 Å². The predicted molar refractivity (Wildman–Crippen MR) is 91.2 cm³/mol. The van der Waals surface area contributed by atoms with Crippen molar-refractivity contribution in [2.24, 2.45) is 5.41 Å². The van der Waals surface area contributed by atoms with Gasteiger partial charge in [0, 0.05) is 18.0 Å². The number of aromatic nitrogens is 2. The van der Waals surface area contributed by atoms with E-state index in [9.17, 15) is 5.11 Å². The second kappa shape index (κ2) is 5.89. The van der Waals surface area contributed by atoms with E-state index in [0.717, 1.165) is 55.9 Å². The summed E-state index contributed by atoms with van der Waals surface area (Å²) in [7, 11) is 2.21. The molecule has 124 valence electrons. The number of aliphatic hydroxyl groups excluding tert-OH is 1. The van der Waals surface area contributed by atoms with E-state index < -0.39 is 0 Å². The Balaban J connectivity index is 1.50. The Labute approximate surface area is 137 Å². The van der Waals surface area contributed by atoms with Crippen molar-refractivity contribution < 1.29 is 5.11 Å². The summed E-state index contributed by atoms with van der Waals surface area (Å²) in [6, 6.07) is 8.66. The third-order valence-electron chi connectivity index (χ3n) is 5.91. The summed E-state index contributed by atoms with van der Waals surface area (Å²) in [6.07, 6.45) is 3.45. The molecule has 2 aliphatic rings. The van der Waals surface area contributed by atoms with Crippen molar-refractivity contribution in [2.75, 3.05) is 33.3 Å². The van der Waals surface area contributed by atoms with Crippen LogP contribution in [0.3, 0.4) is 0 Å². The Morgan fingerprint density at radius 3 is 3.00 bits per heavy atom. The highest BCUT2D eigenvalue weighted by molar-refractivity contribution is 5.74. The number of likely N-dealkylation sites (N-methyl/N-ethyl adjacent to an activating group) is 1. The zero-order valence-corrected chi connectivity index (χ0v) is 13.8. The highest BCUT2D eigenvalue weighted by Gasteiger charge is 2.46. The smallest absolute Gasteiger partial charge is 0.121 e. The second-order valence-electron chi connectivity index (χ2n) is 7.31. The largest absolute Gasteiger partial charge is 0.396 e. The normalized spacial score (nSPS) is 29.7.